The second-order valence-electron chi connectivity index (χ2n) is 7.14. The van der Waals surface area contributed by atoms with Gasteiger partial charge in [0.2, 0.25) is 15.3 Å². The summed E-state index contributed by atoms with van der Waals surface area (Å²) in [5, 5.41) is 0.860. The molecule has 0 amide bonds. The van der Waals surface area contributed by atoms with Gasteiger partial charge >= 0.3 is 0 Å². The number of nitrogens with zero attached hydrogens (tertiary/aromatic N) is 1. The summed E-state index contributed by atoms with van der Waals surface area (Å²) in [6.07, 6.45) is 1.39. The summed E-state index contributed by atoms with van der Waals surface area (Å²) in [5.74, 6) is 0.985. The normalized spacial score (nSPS) is 11.5. The minimum Gasteiger partial charge on any atom is -0.497 e. The molecule has 3 aromatic carbocycles. The van der Waals surface area contributed by atoms with Crippen molar-refractivity contribution in [3.05, 3.63) is 93.7 Å². The van der Waals surface area contributed by atoms with Crippen molar-refractivity contribution in [2.75, 3.05) is 14.2 Å². The Morgan fingerprint density at radius 1 is 0.875 bits per heavy atom. The zero-order chi connectivity index (χ0) is 22.9. The van der Waals surface area contributed by atoms with Gasteiger partial charge < -0.3 is 14.0 Å². The van der Waals surface area contributed by atoms with E-state index in [0.717, 1.165) is 5.56 Å². The molecule has 0 saturated carbocycles. The van der Waals surface area contributed by atoms with Crippen molar-refractivity contribution in [2.45, 2.75) is 16.3 Å². The van der Waals surface area contributed by atoms with Gasteiger partial charge in [0, 0.05) is 17.8 Å². The van der Waals surface area contributed by atoms with E-state index in [1.807, 2.05) is 12.1 Å². The van der Waals surface area contributed by atoms with Crippen molar-refractivity contribution >= 4 is 32.3 Å². The van der Waals surface area contributed by atoms with Gasteiger partial charge in [-0.1, -0.05) is 23.7 Å². The minimum atomic E-state index is -4.08. The third kappa shape index (κ3) is 4.09. The highest BCUT2D eigenvalue weighted by molar-refractivity contribution is 7.91. The van der Waals surface area contributed by atoms with E-state index >= 15 is 0 Å². The van der Waals surface area contributed by atoms with Gasteiger partial charge in [0.15, 0.2) is 0 Å². The summed E-state index contributed by atoms with van der Waals surface area (Å²) in [5.41, 5.74) is 0.921. The van der Waals surface area contributed by atoms with E-state index in [1.165, 1.54) is 32.5 Å². The summed E-state index contributed by atoms with van der Waals surface area (Å²) >= 11 is 5.99. The van der Waals surface area contributed by atoms with Crippen molar-refractivity contribution in [2.24, 2.45) is 0 Å². The molecule has 0 aliphatic rings. The van der Waals surface area contributed by atoms with Crippen LogP contribution in [0.15, 0.2) is 87.5 Å². The van der Waals surface area contributed by atoms with Gasteiger partial charge in [-0.05, 0) is 60.2 Å². The maximum atomic E-state index is 13.4. The van der Waals surface area contributed by atoms with Gasteiger partial charge in [-0.2, -0.15) is 0 Å². The molecule has 0 bridgehead atoms. The molecule has 0 spiro atoms. The standard InChI is InChI=1S/C24H20ClNO5S/c1-30-18-7-10-20(11-8-18)32(28,29)23-15-26(14-16-3-5-17(25)6-4-16)22-12-9-19(31-2)13-21(22)24(23)27/h3-13,15H,14H2,1-2H3. The first-order valence-electron chi connectivity index (χ1n) is 9.68. The summed E-state index contributed by atoms with van der Waals surface area (Å²) in [6, 6.07) is 18.2. The molecule has 0 radical (unpaired) electrons. The Morgan fingerprint density at radius 2 is 1.50 bits per heavy atom. The highest BCUT2D eigenvalue weighted by Gasteiger charge is 2.24. The smallest absolute Gasteiger partial charge is 0.211 e. The topological polar surface area (TPSA) is 74.6 Å². The second-order valence-corrected chi connectivity index (χ2v) is 9.49. The van der Waals surface area contributed by atoms with Crippen LogP contribution < -0.4 is 14.9 Å². The molecular weight excluding hydrogens is 450 g/mol. The Balaban J connectivity index is 1.94. The second kappa shape index (κ2) is 8.68. The van der Waals surface area contributed by atoms with Crippen molar-refractivity contribution in [3.63, 3.8) is 0 Å². The third-order valence-corrected chi connectivity index (χ3v) is 7.19. The molecule has 164 valence electrons. The summed E-state index contributed by atoms with van der Waals surface area (Å²) in [7, 11) is -1.09. The molecular formula is C24H20ClNO5S. The predicted molar refractivity (Wildman–Crippen MR) is 124 cm³/mol. The quantitative estimate of drug-likeness (QED) is 0.414. The number of sulfone groups is 1. The third-order valence-electron chi connectivity index (χ3n) is 5.18. The molecule has 4 aromatic rings. The summed E-state index contributed by atoms with van der Waals surface area (Å²) in [6.45, 7) is 0.353. The fraction of sp³-hybridized carbons (Fsp3) is 0.125. The van der Waals surface area contributed by atoms with Crippen LogP contribution in [-0.2, 0) is 16.4 Å². The van der Waals surface area contributed by atoms with Gasteiger partial charge in [0.25, 0.3) is 0 Å². The highest BCUT2D eigenvalue weighted by atomic mass is 35.5. The summed E-state index contributed by atoms with van der Waals surface area (Å²) < 4.78 is 38.9. The van der Waals surface area contributed by atoms with E-state index in [4.69, 9.17) is 21.1 Å². The fourth-order valence-electron chi connectivity index (χ4n) is 3.47. The molecule has 0 saturated heterocycles. The maximum Gasteiger partial charge on any atom is 0.211 e. The van der Waals surface area contributed by atoms with Crippen LogP contribution in [0.3, 0.4) is 0 Å². The van der Waals surface area contributed by atoms with Crippen LogP contribution in [0.5, 0.6) is 11.5 Å². The molecule has 0 N–H and O–H groups in total. The Bertz CT molecular complexity index is 1440. The van der Waals surface area contributed by atoms with Crippen LogP contribution in [0, 0.1) is 0 Å². The first-order valence-corrected chi connectivity index (χ1v) is 11.5. The molecule has 1 heterocycles. The Labute approximate surface area is 190 Å². The molecule has 0 aliphatic carbocycles. The number of methoxy groups -OCH3 is 2. The number of hydrogen-bond acceptors (Lipinski definition) is 5. The first kappa shape index (κ1) is 21.9. The van der Waals surface area contributed by atoms with E-state index in [0.29, 0.717) is 28.6 Å². The lowest BCUT2D eigenvalue weighted by atomic mass is 10.1. The van der Waals surface area contributed by atoms with Crippen LogP contribution in [-0.4, -0.2) is 27.2 Å². The van der Waals surface area contributed by atoms with Crippen LogP contribution in [0.4, 0.5) is 0 Å². The number of pyridine rings is 1. The molecule has 32 heavy (non-hydrogen) atoms. The van der Waals surface area contributed by atoms with Gasteiger partial charge in [0.05, 0.1) is 30.0 Å². The van der Waals surface area contributed by atoms with E-state index in [-0.39, 0.29) is 15.2 Å². The maximum absolute atomic E-state index is 13.4. The van der Waals surface area contributed by atoms with Crippen LogP contribution in [0.1, 0.15) is 5.56 Å². The average Bonchev–Trinajstić information content (AvgIpc) is 2.81. The number of aromatic nitrogens is 1. The molecule has 6 nitrogen and oxygen atoms in total. The van der Waals surface area contributed by atoms with Crippen LogP contribution in [0.2, 0.25) is 5.02 Å². The van der Waals surface area contributed by atoms with Crippen LogP contribution >= 0.6 is 11.6 Å². The van der Waals surface area contributed by atoms with E-state index in [1.54, 1.807) is 47.0 Å². The molecule has 0 aliphatic heterocycles. The number of fused-ring (bicyclic) bond motifs is 1. The van der Waals surface area contributed by atoms with Gasteiger partial charge in [-0.3, -0.25) is 4.79 Å². The Morgan fingerprint density at radius 3 is 2.12 bits per heavy atom. The van der Waals surface area contributed by atoms with Crippen molar-refractivity contribution in [3.8, 4) is 11.5 Å². The minimum absolute atomic E-state index is 0.00990. The monoisotopic (exact) mass is 469 g/mol. The summed E-state index contributed by atoms with van der Waals surface area (Å²) in [4.78, 5) is 13.0. The zero-order valence-corrected chi connectivity index (χ0v) is 19.0. The molecule has 0 fully saturated rings. The van der Waals surface area contributed by atoms with Crippen molar-refractivity contribution < 1.29 is 17.9 Å². The fourth-order valence-corrected chi connectivity index (χ4v) is 4.96. The lowest BCUT2D eigenvalue weighted by Gasteiger charge is -2.15. The number of ether oxygens (including phenoxy) is 2. The Kier molecular flexibility index (Phi) is 5.95. The van der Waals surface area contributed by atoms with Gasteiger partial charge in [0.1, 0.15) is 16.4 Å². The average molecular weight is 470 g/mol. The van der Waals surface area contributed by atoms with Gasteiger partial charge in [-0.15, -0.1) is 0 Å². The molecule has 8 heteroatoms. The lowest BCUT2D eigenvalue weighted by molar-refractivity contribution is 0.414. The number of benzene rings is 3. The SMILES string of the molecule is COc1ccc(S(=O)(=O)c2cn(Cc3ccc(Cl)cc3)c3ccc(OC)cc3c2=O)cc1. The molecule has 1 aromatic heterocycles. The van der Waals surface area contributed by atoms with E-state index < -0.39 is 15.3 Å². The first-order chi connectivity index (χ1) is 15.3. The number of rotatable bonds is 6. The molecule has 0 unspecified atom stereocenters. The molecule has 4 rings (SSSR count). The lowest BCUT2D eigenvalue weighted by Crippen LogP contribution is -2.19. The Hall–Kier alpha value is -3.29. The van der Waals surface area contributed by atoms with Crippen LogP contribution in [0.25, 0.3) is 10.9 Å². The van der Waals surface area contributed by atoms with E-state index in [9.17, 15) is 13.2 Å². The highest BCUT2D eigenvalue weighted by Crippen LogP contribution is 2.26. The zero-order valence-electron chi connectivity index (χ0n) is 17.4. The molecule has 0 atom stereocenters. The largest absolute Gasteiger partial charge is 0.497 e. The van der Waals surface area contributed by atoms with Crippen molar-refractivity contribution in [1.82, 2.24) is 4.57 Å². The van der Waals surface area contributed by atoms with E-state index in [2.05, 4.69) is 0 Å². The predicted octanol–water partition coefficient (Wildman–Crippen LogP) is 4.55. The van der Waals surface area contributed by atoms with Crippen molar-refractivity contribution in [1.29, 1.82) is 0 Å². The number of halogens is 1. The van der Waals surface area contributed by atoms with Gasteiger partial charge in [-0.25, -0.2) is 8.42 Å². The number of hydrogen-bond donors (Lipinski definition) is 0.